The van der Waals surface area contributed by atoms with Gasteiger partial charge >= 0.3 is 0 Å². The molecule has 1 amide bonds. The summed E-state index contributed by atoms with van der Waals surface area (Å²) in [4.78, 5) is 20.1. The first kappa shape index (κ1) is 19.4. The molecule has 5 nitrogen and oxygen atoms in total. The number of pyridine rings is 1. The fourth-order valence-corrected chi connectivity index (χ4v) is 3.96. The Labute approximate surface area is 161 Å². The number of hydrogen-bond acceptors (Lipinski definition) is 4. The first-order valence-electron chi connectivity index (χ1n) is 9.50. The highest BCUT2D eigenvalue weighted by atomic mass is 16.5. The molecule has 3 rings (SSSR count). The maximum atomic E-state index is 13.4. The van der Waals surface area contributed by atoms with Gasteiger partial charge in [0.2, 0.25) is 11.8 Å². The summed E-state index contributed by atoms with van der Waals surface area (Å²) in [7, 11) is 3.73. The number of nitrogens with one attached hydrogen (secondary N) is 1. The summed E-state index contributed by atoms with van der Waals surface area (Å²) < 4.78 is 5.44. The summed E-state index contributed by atoms with van der Waals surface area (Å²) in [5, 5.41) is 3.18. The van der Waals surface area contributed by atoms with Gasteiger partial charge in [-0.15, -0.1) is 0 Å². The van der Waals surface area contributed by atoms with Gasteiger partial charge in [-0.2, -0.15) is 0 Å². The lowest BCUT2D eigenvalue weighted by Crippen LogP contribution is -2.50. The van der Waals surface area contributed by atoms with E-state index in [4.69, 9.17) is 4.74 Å². The monoisotopic (exact) mass is 367 g/mol. The number of aryl methyl sites for hydroxylation is 2. The fraction of sp³-hybridized carbons (Fsp3) is 0.455. The van der Waals surface area contributed by atoms with Crippen LogP contribution >= 0.6 is 0 Å². The molecule has 0 bridgehead atoms. The zero-order valence-corrected chi connectivity index (χ0v) is 16.7. The number of likely N-dealkylation sites (tertiary alicyclic amines) is 1. The molecule has 1 fully saturated rings. The smallest absolute Gasteiger partial charge is 0.231 e. The second kappa shape index (κ2) is 8.09. The lowest BCUT2D eigenvalue weighted by molar-refractivity contribution is -0.128. The van der Waals surface area contributed by atoms with Gasteiger partial charge in [0.25, 0.3) is 0 Å². The number of hydrogen-bond donors (Lipinski definition) is 1. The third kappa shape index (κ3) is 3.98. The van der Waals surface area contributed by atoms with Gasteiger partial charge in [-0.05, 0) is 64.0 Å². The van der Waals surface area contributed by atoms with Crippen LogP contribution in [0.25, 0.3) is 0 Å². The predicted octanol–water partition coefficient (Wildman–Crippen LogP) is 2.99. The SMILES string of the molecule is COc1nc(C)cc(C)c1CNC(=O)C1(c2ccccc2)CCN(C)CC1. The number of carbonyl (C=O) groups excluding carboxylic acids is 1. The Kier molecular flexibility index (Phi) is 5.80. The molecule has 0 atom stereocenters. The number of benzene rings is 1. The Morgan fingerprint density at radius 3 is 2.52 bits per heavy atom. The van der Waals surface area contributed by atoms with E-state index < -0.39 is 5.41 Å². The zero-order valence-electron chi connectivity index (χ0n) is 16.7. The second-order valence-corrected chi connectivity index (χ2v) is 7.50. The van der Waals surface area contributed by atoms with Crippen molar-refractivity contribution >= 4 is 5.91 Å². The normalized spacial score (nSPS) is 16.7. The fourth-order valence-electron chi connectivity index (χ4n) is 3.96. The van der Waals surface area contributed by atoms with Gasteiger partial charge in [0, 0.05) is 17.8 Å². The van der Waals surface area contributed by atoms with Crippen molar-refractivity contribution in [2.24, 2.45) is 0 Å². The number of carbonyl (C=O) groups is 1. The van der Waals surface area contributed by atoms with E-state index in [-0.39, 0.29) is 5.91 Å². The number of nitrogens with zero attached hydrogens (tertiary/aromatic N) is 2. The quantitative estimate of drug-likeness (QED) is 0.883. The molecule has 2 aromatic rings. The summed E-state index contributed by atoms with van der Waals surface area (Å²) in [6.07, 6.45) is 1.64. The van der Waals surface area contributed by atoms with Gasteiger partial charge < -0.3 is 15.0 Å². The average Bonchev–Trinajstić information content (AvgIpc) is 2.68. The molecular formula is C22H29N3O2. The molecule has 1 saturated heterocycles. The van der Waals surface area contributed by atoms with Gasteiger partial charge in [-0.1, -0.05) is 30.3 Å². The molecule has 1 aliphatic rings. The van der Waals surface area contributed by atoms with Crippen LogP contribution in [0, 0.1) is 13.8 Å². The molecule has 1 aromatic carbocycles. The zero-order chi connectivity index (χ0) is 19.4. The van der Waals surface area contributed by atoms with Crippen molar-refractivity contribution in [1.29, 1.82) is 0 Å². The van der Waals surface area contributed by atoms with E-state index in [1.165, 1.54) is 0 Å². The van der Waals surface area contributed by atoms with E-state index in [1.54, 1.807) is 7.11 Å². The Hall–Kier alpha value is -2.40. The molecule has 5 heteroatoms. The first-order chi connectivity index (χ1) is 13.0. The average molecular weight is 367 g/mol. The van der Waals surface area contributed by atoms with Gasteiger partial charge in [0.05, 0.1) is 12.5 Å². The van der Waals surface area contributed by atoms with Crippen LogP contribution in [0.2, 0.25) is 0 Å². The number of ether oxygens (including phenoxy) is 1. The molecule has 2 heterocycles. The van der Waals surface area contributed by atoms with Crippen molar-refractivity contribution in [3.8, 4) is 5.88 Å². The lowest BCUT2D eigenvalue weighted by Gasteiger charge is -2.40. The molecule has 0 saturated carbocycles. The Morgan fingerprint density at radius 1 is 1.22 bits per heavy atom. The number of methoxy groups -OCH3 is 1. The number of piperidine rings is 1. The summed E-state index contributed by atoms with van der Waals surface area (Å²) in [6.45, 7) is 6.22. The molecule has 0 radical (unpaired) electrons. The molecule has 144 valence electrons. The van der Waals surface area contributed by atoms with Crippen LogP contribution in [0.5, 0.6) is 5.88 Å². The van der Waals surface area contributed by atoms with Crippen molar-refractivity contribution in [2.75, 3.05) is 27.2 Å². The molecule has 0 unspecified atom stereocenters. The largest absolute Gasteiger partial charge is 0.481 e. The Balaban J connectivity index is 1.84. The summed E-state index contributed by atoms with van der Waals surface area (Å²) >= 11 is 0. The van der Waals surface area contributed by atoms with Crippen molar-refractivity contribution in [3.05, 3.63) is 58.8 Å². The van der Waals surface area contributed by atoms with E-state index >= 15 is 0 Å². The van der Waals surface area contributed by atoms with Crippen molar-refractivity contribution in [3.63, 3.8) is 0 Å². The van der Waals surface area contributed by atoms with Crippen molar-refractivity contribution < 1.29 is 9.53 Å². The summed E-state index contributed by atoms with van der Waals surface area (Å²) in [5.41, 5.74) is 3.55. The van der Waals surface area contributed by atoms with Crippen molar-refractivity contribution in [2.45, 2.75) is 38.6 Å². The molecule has 0 spiro atoms. The maximum Gasteiger partial charge on any atom is 0.231 e. The minimum absolute atomic E-state index is 0.0869. The highest BCUT2D eigenvalue weighted by Gasteiger charge is 2.42. The van der Waals surface area contributed by atoms with E-state index in [0.717, 1.165) is 48.3 Å². The van der Waals surface area contributed by atoms with E-state index in [0.29, 0.717) is 12.4 Å². The van der Waals surface area contributed by atoms with Crippen LogP contribution in [0.3, 0.4) is 0 Å². The second-order valence-electron chi connectivity index (χ2n) is 7.50. The van der Waals surface area contributed by atoms with E-state index in [1.807, 2.05) is 38.1 Å². The van der Waals surface area contributed by atoms with Crippen LogP contribution in [0.4, 0.5) is 0 Å². The van der Waals surface area contributed by atoms with Gasteiger partial charge in [-0.3, -0.25) is 4.79 Å². The highest BCUT2D eigenvalue weighted by molar-refractivity contribution is 5.88. The van der Waals surface area contributed by atoms with Crippen molar-refractivity contribution in [1.82, 2.24) is 15.2 Å². The van der Waals surface area contributed by atoms with Crippen LogP contribution in [-0.4, -0.2) is 43.0 Å². The molecule has 0 aliphatic carbocycles. The standard InChI is InChI=1S/C22H29N3O2/c1-16-14-17(2)24-20(27-4)19(16)15-23-21(26)22(10-12-25(3)13-11-22)18-8-6-5-7-9-18/h5-9,14H,10-13,15H2,1-4H3,(H,23,26). The predicted molar refractivity (Wildman–Crippen MR) is 107 cm³/mol. The van der Waals surface area contributed by atoms with Gasteiger partial charge in [-0.25, -0.2) is 4.98 Å². The maximum absolute atomic E-state index is 13.4. The Bertz CT molecular complexity index is 797. The minimum atomic E-state index is -0.479. The minimum Gasteiger partial charge on any atom is -0.481 e. The lowest BCUT2D eigenvalue weighted by atomic mass is 9.72. The van der Waals surface area contributed by atoms with E-state index in [2.05, 4.69) is 34.4 Å². The number of rotatable bonds is 5. The van der Waals surface area contributed by atoms with Crippen LogP contribution in [0.15, 0.2) is 36.4 Å². The van der Waals surface area contributed by atoms with Gasteiger partial charge in [0.1, 0.15) is 0 Å². The Morgan fingerprint density at radius 2 is 1.89 bits per heavy atom. The molecule has 1 N–H and O–H groups in total. The van der Waals surface area contributed by atoms with Crippen LogP contribution in [0.1, 0.15) is 35.2 Å². The molecule has 27 heavy (non-hydrogen) atoms. The topological polar surface area (TPSA) is 54.5 Å². The number of aromatic nitrogens is 1. The highest BCUT2D eigenvalue weighted by Crippen LogP contribution is 2.35. The summed E-state index contributed by atoms with van der Waals surface area (Å²) in [6, 6.07) is 12.2. The van der Waals surface area contributed by atoms with Crippen LogP contribution in [-0.2, 0) is 16.8 Å². The molecular weight excluding hydrogens is 338 g/mol. The van der Waals surface area contributed by atoms with Gasteiger partial charge in [0.15, 0.2) is 0 Å². The first-order valence-corrected chi connectivity index (χ1v) is 9.50. The third-order valence-corrected chi connectivity index (χ3v) is 5.66. The molecule has 1 aliphatic heterocycles. The van der Waals surface area contributed by atoms with E-state index in [9.17, 15) is 4.79 Å². The molecule has 1 aromatic heterocycles. The number of amides is 1. The third-order valence-electron chi connectivity index (χ3n) is 5.66. The summed E-state index contributed by atoms with van der Waals surface area (Å²) in [5.74, 6) is 0.675. The van der Waals surface area contributed by atoms with Crippen LogP contribution < -0.4 is 10.1 Å².